The second-order valence-electron chi connectivity index (χ2n) is 4.78. The van der Waals surface area contributed by atoms with Crippen LogP contribution in [-0.4, -0.2) is 15.9 Å². The van der Waals surface area contributed by atoms with E-state index < -0.39 is 0 Å². The number of aromatic nitrogens is 2. The van der Waals surface area contributed by atoms with Gasteiger partial charge >= 0.3 is 0 Å². The quantitative estimate of drug-likeness (QED) is 0.705. The molecule has 3 rings (SSSR count). The molecule has 0 fully saturated rings. The van der Waals surface area contributed by atoms with Gasteiger partial charge in [0.1, 0.15) is 0 Å². The van der Waals surface area contributed by atoms with Crippen molar-refractivity contribution in [2.24, 2.45) is 0 Å². The lowest BCUT2D eigenvalue weighted by molar-refractivity contribution is -0.115. The molecule has 0 saturated heterocycles. The number of benzene rings is 1. The van der Waals surface area contributed by atoms with Crippen molar-refractivity contribution in [2.75, 3.05) is 5.32 Å². The number of nitrogens with one attached hydrogen (secondary N) is 2. The second kappa shape index (κ2) is 5.67. The number of hydrogen-bond donors (Lipinski definition) is 2. The third-order valence-corrected chi connectivity index (χ3v) is 5.31. The zero-order chi connectivity index (χ0) is 15.0. The highest BCUT2D eigenvalue weighted by molar-refractivity contribution is 7.73. The van der Waals surface area contributed by atoms with Crippen LogP contribution in [0.3, 0.4) is 0 Å². The van der Waals surface area contributed by atoms with Crippen LogP contribution >= 0.6 is 34.9 Å². The Balaban J connectivity index is 1.77. The molecule has 2 N–H and O–H groups in total. The van der Waals surface area contributed by atoms with Crippen molar-refractivity contribution in [3.05, 3.63) is 38.3 Å². The molecule has 7 heteroatoms. The molecule has 0 unspecified atom stereocenters. The van der Waals surface area contributed by atoms with E-state index in [0.29, 0.717) is 15.5 Å². The maximum atomic E-state index is 12.1. The highest BCUT2D eigenvalue weighted by atomic mass is 32.1. The molecule has 0 aliphatic rings. The average molecular weight is 335 g/mol. The number of fused-ring (bicyclic) bond motifs is 1. The largest absolute Gasteiger partial charge is 0.341 e. The molecule has 0 aliphatic heterocycles. The smallest absolute Gasteiger partial charge is 0.231 e. The number of amides is 1. The van der Waals surface area contributed by atoms with Crippen molar-refractivity contribution >= 4 is 56.1 Å². The fourth-order valence-electron chi connectivity index (χ4n) is 2.00. The fraction of sp³-hybridized carbons (Fsp3) is 0.214. The topological polar surface area (TPSA) is 57.8 Å². The van der Waals surface area contributed by atoms with Gasteiger partial charge in [0.2, 0.25) is 5.91 Å². The Bertz CT molecular complexity index is 875. The molecule has 1 aromatic carbocycles. The standard InChI is InChI=1S/C14H13N3OS3/c1-7-3-4-9-11(5-7)20-13(16-9)17-12(18)6-10-8(2)15-14(19)21-10/h3-5H,6H2,1-2H3,(H,15,19)(H,16,17,18). The number of carbonyl (C=O) groups excluding carboxylic acids is 1. The molecule has 0 radical (unpaired) electrons. The van der Waals surface area contributed by atoms with Gasteiger partial charge in [-0.3, -0.25) is 4.79 Å². The third kappa shape index (κ3) is 3.20. The zero-order valence-electron chi connectivity index (χ0n) is 11.5. The first kappa shape index (κ1) is 14.4. The summed E-state index contributed by atoms with van der Waals surface area (Å²) in [6.07, 6.45) is 0.318. The summed E-state index contributed by atoms with van der Waals surface area (Å²) in [7, 11) is 0. The fourth-order valence-corrected chi connectivity index (χ4v) is 4.27. The molecule has 4 nitrogen and oxygen atoms in total. The molecular weight excluding hydrogens is 322 g/mol. The van der Waals surface area contributed by atoms with Gasteiger partial charge in [0.15, 0.2) is 9.09 Å². The maximum Gasteiger partial charge on any atom is 0.231 e. The molecule has 0 saturated carbocycles. The molecule has 3 aromatic rings. The van der Waals surface area contributed by atoms with Crippen LogP contribution in [-0.2, 0) is 11.2 Å². The summed E-state index contributed by atoms with van der Waals surface area (Å²) < 4.78 is 1.78. The van der Waals surface area contributed by atoms with Gasteiger partial charge in [0, 0.05) is 10.6 Å². The summed E-state index contributed by atoms with van der Waals surface area (Å²) in [5, 5.41) is 3.50. The van der Waals surface area contributed by atoms with E-state index in [4.69, 9.17) is 12.2 Å². The zero-order valence-corrected chi connectivity index (χ0v) is 14.0. The number of rotatable bonds is 3. The summed E-state index contributed by atoms with van der Waals surface area (Å²) in [6, 6.07) is 6.06. The van der Waals surface area contributed by atoms with Crippen molar-refractivity contribution in [1.29, 1.82) is 0 Å². The van der Waals surface area contributed by atoms with Gasteiger partial charge in [-0.1, -0.05) is 17.4 Å². The van der Waals surface area contributed by atoms with E-state index in [1.165, 1.54) is 28.2 Å². The third-order valence-electron chi connectivity index (χ3n) is 3.04. The minimum Gasteiger partial charge on any atom is -0.341 e. The normalized spacial score (nSPS) is 11.0. The van der Waals surface area contributed by atoms with Gasteiger partial charge in [-0.15, -0.1) is 11.3 Å². The van der Waals surface area contributed by atoms with Crippen LogP contribution in [0.15, 0.2) is 18.2 Å². The highest BCUT2D eigenvalue weighted by Gasteiger charge is 2.11. The van der Waals surface area contributed by atoms with E-state index in [9.17, 15) is 4.79 Å². The molecule has 21 heavy (non-hydrogen) atoms. The number of anilines is 1. The van der Waals surface area contributed by atoms with Crippen molar-refractivity contribution in [3.63, 3.8) is 0 Å². The van der Waals surface area contributed by atoms with E-state index in [-0.39, 0.29) is 5.91 Å². The van der Waals surface area contributed by atoms with Crippen LogP contribution in [0.5, 0.6) is 0 Å². The summed E-state index contributed by atoms with van der Waals surface area (Å²) >= 11 is 8.01. The number of nitrogens with zero attached hydrogens (tertiary/aromatic N) is 1. The Morgan fingerprint density at radius 1 is 1.38 bits per heavy atom. The molecule has 1 amide bonds. The monoisotopic (exact) mass is 335 g/mol. The van der Waals surface area contributed by atoms with Crippen LogP contribution in [0, 0.1) is 17.8 Å². The molecule has 0 spiro atoms. The number of aromatic amines is 1. The number of thiazole rings is 2. The Kier molecular flexibility index (Phi) is 3.88. The van der Waals surface area contributed by atoms with E-state index >= 15 is 0 Å². The lowest BCUT2D eigenvalue weighted by atomic mass is 10.2. The summed E-state index contributed by atoms with van der Waals surface area (Å²) in [6.45, 7) is 3.97. The lowest BCUT2D eigenvalue weighted by Crippen LogP contribution is -2.13. The van der Waals surface area contributed by atoms with E-state index in [1.807, 2.05) is 26.0 Å². The van der Waals surface area contributed by atoms with E-state index in [2.05, 4.69) is 21.4 Å². The van der Waals surface area contributed by atoms with Gasteiger partial charge in [-0.2, -0.15) is 0 Å². The predicted molar refractivity (Wildman–Crippen MR) is 90.9 cm³/mol. The van der Waals surface area contributed by atoms with Crippen molar-refractivity contribution in [1.82, 2.24) is 9.97 Å². The van der Waals surface area contributed by atoms with Crippen LogP contribution in [0.25, 0.3) is 10.2 Å². The van der Waals surface area contributed by atoms with E-state index in [0.717, 1.165) is 20.8 Å². The average Bonchev–Trinajstić information content (AvgIpc) is 2.91. The maximum absolute atomic E-state index is 12.1. The van der Waals surface area contributed by atoms with Crippen LogP contribution < -0.4 is 5.32 Å². The summed E-state index contributed by atoms with van der Waals surface area (Å²) in [5.41, 5.74) is 3.06. The van der Waals surface area contributed by atoms with Gasteiger partial charge in [-0.25, -0.2) is 4.98 Å². The van der Waals surface area contributed by atoms with Crippen molar-refractivity contribution < 1.29 is 4.79 Å². The summed E-state index contributed by atoms with van der Waals surface area (Å²) in [5.74, 6) is -0.0703. The van der Waals surface area contributed by atoms with Crippen molar-refractivity contribution in [3.8, 4) is 0 Å². The highest BCUT2D eigenvalue weighted by Crippen LogP contribution is 2.27. The molecule has 2 heterocycles. The Morgan fingerprint density at radius 2 is 2.19 bits per heavy atom. The summed E-state index contributed by atoms with van der Waals surface area (Å²) in [4.78, 5) is 20.5. The van der Waals surface area contributed by atoms with Gasteiger partial charge in [0.25, 0.3) is 0 Å². The van der Waals surface area contributed by atoms with Crippen molar-refractivity contribution in [2.45, 2.75) is 20.3 Å². The van der Waals surface area contributed by atoms with Gasteiger partial charge < -0.3 is 10.3 Å². The number of hydrogen-bond acceptors (Lipinski definition) is 5. The minimum atomic E-state index is -0.0703. The lowest BCUT2D eigenvalue weighted by Gasteiger charge is -2.00. The van der Waals surface area contributed by atoms with Crippen LogP contribution in [0.4, 0.5) is 5.13 Å². The Labute approximate surface area is 134 Å². The molecule has 2 aromatic heterocycles. The first-order valence-electron chi connectivity index (χ1n) is 6.37. The van der Waals surface area contributed by atoms with Gasteiger partial charge in [-0.05, 0) is 43.8 Å². The number of carbonyl (C=O) groups is 1. The molecular formula is C14H13N3OS3. The molecule has 0 bridgehead atoms. The molecule has 108 valence electrons. The van der Waals surface area contributed by atoms with E-state index in [1.54, 1.807) is 0 Å². The van der Waals surface area contributed by atoms with Crippen LogP contribution in [0.1, 0.15) is 16.1 Å². The minimum absolute atomic E-state index is 0.0703. The predicted octanol–water partition coefficient (Wildman–Crippen LogP) is 4.21. The van der Waals surface area contributed by atoms with Crippen LogP contribution in [0.2, 0.25) is 0 Å². The Morgan fingerprint density at radius 3 is 2.90 bits per heavy atom. The molecule has 0 aliphatic carbocycles. The molecule has 0 atom stereocenters. The number of H-pyrrole nitrogens is 1. The second-order valence-corrected chi connectivity index (χ2v) is 7.58. The SMILES string of the molecule is Cc1ccc2nc(NC(=O)Cc3sc(=S)[nH]c3C)sc2c1. The van der Waals surface area contributed by atoms with Gasteiger partial charge in [0.05, 0.1) is 16.6 Å². The first-order valence-corrected chi connectivity index (χ1v) is 8.41. The first-order chi connectivity index (χ1) is 10.0. The number of aryl methyl sites for hydroxylation is 2. The Hall–Kier alpha value is -1.57.